The molecule has 4 N–H and O–H groups in total. The Labute approximate surface area is 156 Å². The fourth-order valence-electron chi connectivity index (χ4n) is 3.22. The molecular weight excluding hydrogens is 361 g/mol. The lowest BCUT2D eigenvalue weighted by atomic mass is 10.1. The van der Waals surface area contributed by atoms with Gasteiger partial charge in [-0.05, 0) is 25.0 Å². The zero-order chi connectivity index (χ0) is 20.0. The summed E-state index contributed by atoms with van der Waals surface area (Å²) in [5.41, 5.74) is 2.86. The number of hydrogen-bond donors (Lipinski definition) is 4. The third kappa shape index (κ3) is 7.18. The number of nitrogens with one attached hydrogen (secondary N) is 4. The molecule has 0 radical (unpaired) electrons. The lowest BCUT2D eigenvalue weighted by Gasteiger charge is -2.29. The number of carbonyl (C=O) groups excluding carboxylic acids is 2. The maximum Gasteiger partial charge on any atom is 0.405 e. The molecule has 1 aliphatic rings. The first-order valence-corrected chi connectivity index (χ1v) is 9.00. The second-order valence-corrected chi connectivity index (χ2v) is 7.06. The fraction of sp³-hybridized carbons (Fsp3) is 0.556. The van der Waals surface area contributed by atoms with Crippen LogP contribution in [0.5, 0.6) is 0 Å². The van der Waals surface area contributed by atoms with E-state index in [0.717, 1.165) is 26.6 Å². The maximum absolute atomic E-state index is 12.3. The average Bonchev–Trinajstić information content (AvgIpc) is 2.58. The molecular formula is C18H27F3N4O2+2. The van der Waals surface area contributed by atoms with Crippen molar-refractivity contribution in [3.63, 3.8) is 0 Å². The van der Waals surface area contributed by atoms with Crippen molar-refractivity contribution < 1.29 is 32.6 Å². The molecule has 0 bridgehead atoms. The van der Waals surface area contributed by atoms with Crippen LogP contribution in [-0.4, -0.2) is 63.8 Å². The van der Waals surface area contributed by atoms with Gasteiger partial charge in [0.05, 0.1) is 0 Å². The van der Waals surface area contributed by atoms with E-state index in [1.807, 2.05) is 37.4 Å². The predicted octanol–water partition coefficient (Wildman–Crippen LogP) is -1.30. The van der Waals surface area contributed by atoms with E-state index in [1.54, 1.807) is 0 Å². The number of carbonyl (C=O) groups is 2. The third-order valence-electron chi connectivity index (χ3n) is 4.72. The second-order valence-electron chi connectivity index (χ2n) is 7.06. The van der Waals surface area contributed by atoms with Gasteiger partial charge in [-0.25, -0.2) is 0 Å². The predicted molar refractivity (Wildman–Crippen MR) is 94.7 cm³/mol. The number of anilines is 1. The van der Waals surface area contributed by atoms with Gasteiger partial charge in [0, 0.05) is 5.69 Å². The van der Waals surface area contributed by atoms with E-state index in [9.17, 15) is 22.8 Å². The molecule has 2 rings (SSSR count). The normalized spacial score (nSPS) is 20.2. The highest BCUT2D eigenvalue weighted by atomic mass is 19.4. The second kappa shape index (κ2) is 9.18. The topological polar surface area (TPSA) is 67.1 Å². The van der Waals surface area contributed by atoms with Crippen molar-refractivity contribution in [3.05, 3.63) is 29.3 Å². The number of para-hydroxylation sites is 1. The molecule has 0 atom stereocenters. The molecule has 27 heavy (non-hydrogen) atoms. The largest absolute Gasteiger partial charge is 0.405 e. The molecule has 0 saturated carbocycles. The monoisotopic (exact) mass is 388 g/mol. The minimum Gasteiger partial charge on any atom is -0.342 e. The summed E-state index contributed by atoms with van der Waals surface area (Å²) in [7, 11) is 0. The Morgan fingerprint density at radius 2 is 1.44 bits per heavy atom. The number of alkyl halides is 3. The highest BCUT2D eigenvalue weighted by Gasteiger charge is 2.30. The average molecular weight is 388 g/mol. The first kappa shape index (κ1) is 21.2. The number of aryl methyl sites for hydroxylation is 2. The van der Waals surface area contributed by atoms with Crippen LogP contribution >= 0.6 is 0 Å². The Balaban J connectivity index is 1.72. The minimum absolute atomic E-state index is 0.0258. The molecule has 1 aromatic rings. The van der Waals surface area contributed by atoms with Crippen LogP contribution in [0.3, 0.4) is 0 Å². The minimum atomic E-state index is -4.39. The number of rotatable bonds is 6. The summed E-state index contributed by atoms with van der Waals surface area (Å²) in [4.78, 5) is 25.9. The number of benzene rings is 1. The standard InChI is InChI=1S/C18H25F3N4O2/c1-13-4-3-5-14(2)17(13)23-16(27)11-25-8-6-24(7-9-25)10-15(26)22-12-18(19,20)21/h3-5H,6-12H2,1-2H3,(H,22,26)(H,23,27)/p+2. The van der Waals surface area contributed by atoms with Crippen LogP contribution in [0, 0.1) is 13.8 Å². The Kier molecular flexibility index (Phi) is 7.20. The van der Waals surface area contributed by atoms with Crippen molar-refractivity contribution in [1.82, 2.24) is 5.32 Å². The van der Waals surface area contributed by atoms with Crippen molar-refractivity contribution in [3.8, 4) is 0 Å². The number of halogens is 3. The molecule has 150 valence electrons. The van der Waals surface area contributed by atoms with E-state index in [-0.39, 0.29) is 12.5 Å². The van der Waals surface area contributed by atoms with Crippen LogP contribution < -0.4 is 20.4 Å². The summed E-state index contributed by atoms with van der Waals surface area (Å²) in [5.74, 6) is -0.660. The molecule has 1 heterocycles. The van der Waals surface area contributed by atoms with Gasteiger partial charge >= 0.3 is 6.18 Å². The zero-order valence-corrected chi connectivity index (χ0v) is 15.6. The Morgan fingerprint density at radius 3 is 1.93 bits per heavy atom. The Morgan fingerprint density at radius 1 is 0.963 bits per heavy atom. The van der Waals surface area contributed by atoms with Crippen molar-refractivity contribution in [2.45, 2.75) is 20.0 Å². The number of piperazine rings is 1. The van der Waals surface area contributed by atoms with Gasteiger partial charge in [0.25, 0.3) is 11.8 Å². The van der Waals surface area contributed by atoms with Crippen LogP contribution in [0.15, 0.2) is 18.2 Å². The van der Waals surface area contributed by atoms with Crippen LogP contribution in [0.25, 0.3) is 0 Å². The summed E-state index contributed by atoms with van der Waals surface area (Å²) < 4.78 is 36.3. The van der Waals surface area contributed by atoms with E-state index in [2.05, 4.69) is 5.32 Å². The molecule has 1 aliphatic heterocycles. The summed E-state index contributed by atoms with van der Waals surface area (Å²) in [5, 5.41) is 4.86. The highest BCUT2D eigenvalue weighted by molar-refractivity contribution is 5.93. The molecule has 0 aromatic heterocycles. The molecule has 1 saturated heterocycles. The van der Waals surface area contributed by atoms with Crippen LogP contribution in [0.2, 0.25) is 0 Å². The first-order valence-electron chi connectivity index (χ1n) is 9.00. The van der Waals surface area contributed by atoms with Crippen LogP contribution in [-0.2, 0) is 9.59 Å². The van der Waals surface area contributed by atoms with E-state index < -0.39 is 18.6 Å². The first-order chi connectivity index (χ1) is 12.6. The Hall–Kier alpha value is -2.13. The molecule has 1 aromatic carbocycles. The van der Waals surface area contributed by atoms with Gasteiger partial charge < -0.3 is 20.4 Å². The number of amides is 2. The van der Waals surface area contributed by atoms with E-state index in [0.29, 0.717) is 32.7 Å². The SMILES string of the molecule is Cc1cccc(C)c1NC(=O)C[NH+]1CC[NH+](CC(=O)NCC(F)(F)F)CC1. The van der Waals surface area contributed by atoms with Gasteiger partial charge in [0.2, 0.25) is 0 Å². The quantitative estimate of drug-likeness (QED) is 0.490. The van der Waals surface area contributed by atoms with Gasteiger partial charge in [-0.3, -0.25) is 9.59 Å². The van der Waals surface area contributed by atoms with Gasteiger partial charge in [-0.2, -0.15) is 13.2 Å². The molecule has 1 fully saturated rings. The van der Waals surface area contributed by atoms with Crippen LogP contribution in [0.4, 0.5) is 18.9 Å². The smallest absolute Gasteiger partial charge is 0.342 e. The van der Waals surface area contributed by atoms with Gasteiger partial charge in [0.15, 0.2) is 13.1 Å². The highest BCUT2D eigenvalue weighted by Crippen LogP contribution is 2.18. The third-order valence-corrected chi connectivity index (χ3v) is 4.72. The molecule has 6 nitrogen and oxygen atoms in total. The van der Waals surface area contributed by atoms with Crippen molar-refractivity contribution in [2.24, 2.45) is 0 Å². The van der Waals surface area contributed by atoms with Crippen LogP contribution in [0.1, 0.15) is 11.1 Å². The van der Waals surface area contributed by atoms with Gasteiger partial charge in [-0.1, -0.05) is 18.2 Å². The molecule has 0 spiro atoms. The summed E-state index contributed by atoms with van der Waals surface area (Å²) in [6, 6.07) is 5.83. The number of quaternary nitrogens is 2. The number of hydrogen-bond acceptors (Lipinski definition) is 2. The van der Waals surface area contributed by atoms with E-state index >= 15 is 0 Å². The molecule has 9 heteroatoms. The fourth-order valence-corrected chi connectivity index (χ4v) is 3.22. The van der Waals surface area contributed by atoms with E-state index in [1.165, 1.54) is 0 Å². The van der Waals surface area contributed by atoms with E-state index in [4.69, 9.17) is 0 Å². The van der Waals surface area contributed by atoms with Gasteiger partial charge in [-0.15, -0.1) is 0 Å². The lowest BCUT2D eigenvalue weighted by molar-refractivity contribution is -1.00. The van der Waals surface area contributed by atoms with Crippen molar-refractivity contribution in [1.29, 1.82) is 0 Å². The van der Waals surface area contributed by atoms with Crippen molar-refractivity contribution in [2.75, 3.05) is 51.1 Å². The van der Waals surface area contributed by atoms with Crippen molar-refractivity contribution >= 4 is 17.5 Å². The molecule has 0 unspecified atom stereocenters. The molecule has 0 aliphatic carbocycles. The summed E-state index contributed by atoms with van der Waals surface area (Å²) in [6.45, 7) is 5.64. The zero-order valence-electron chi connectivity index (χ0n) is 15.6. The lowest BCUT2D eigenvalue weighted by Crippen LogP contribution is -3.28. The summed E-state index contributed by atoms with van der Waals surface area (Å²) in [6.07, 6.45) is -4.39. The summed E-state index contributed by atoms with van der Waals surface area (Å²) >= 11 is 0. The van der Waals surface area contributed by atoms with Gasteiger partial charge in [0.1, 0.15) is 32.7 Å². The molecule has 2 amide bonds. The Bertz CT molecular complexity index is 651. The maximum atomic E-state index is 12.3.